The minimum absolute atomic E-state index is 0.0718. The van der Waals surface area contributed by atoms with Crippen molar-refractivity contribution in [2.45, 2.75) is 65.1 Å². The van der Waals surface area contributed by atoms with Gasteiger partial charge < -0.3 is 10.1 Å². The van der Waals surface area contributed by atoms with Crippen molar-refractivity contribution in [3.05, 3.63) is 35.0 Å². The van der Waals surface area contributed by atoms with Crippen molar-refractivity contribution in [3.63, 3.8) is 0 Å². The minimum Gasteiger partial charge on any atom is -0.475 e. The van der Waals surface area contributed by atoms with Crippen LogP contribution in [0.2, 0.25) is 5.02 Å². The number of ether oxygens (including phenoxy) is 1. The molecular formula is C21H30ClN3O. The minimum atomic E-state index is 0.0718. The van der Waals surface area contributed by atoms with E-state index in [1.54, 1.807) is 6.20 Å². The number of fused-ring (bicyclic) bond motifs is 3. The smallest absolute Gasteiger partial charge is 0.152 e. The number of hydrogen-bond donors (Lipinski definition) is 1. The van der Waals surface area contributed by atoms with E-state index in [2.05, 4.69) is 49.8 Å². The Kier molecular flexibility index (Phi) is 5.48. The Morgan fingerprint density at radius 3 is 2.77 bits per heavy atom. The Hall–Kier alpha value is -1.36. The van der Waals surface area contributed by atoms with Crippen LogP contribution in [0, 0.1) is 0 Å². The maximum atomic E-state index is 6.46. The lowest BCUT2D eigenvalue weighted by Gasteiger charge is -2.38. The summed E-state index contributed by atoms with van der Waals surface area (Å²) in [6.45, 7) is 13.7. The molecule has 2 heterocycles. The van der Waals surface area contributed by atoms with Crippen LogP contribution in [0.25, 0.3) is 10.9 Å². The third-order valence-corrected chi connectivity index (χ3v) is 5.58. The largest absolute Gasteiger partial charge is 0.475 e. The van der Waals surface area contributed by atoms with Gasteiger partial charge in [0.05, 0.1) is 5.02 Å². The number of benzene rings is 1. The highest BCUT2D eigenvalue weighted by Gasteiger charge is 2.28. The predicted octanol–water partition coefficient (Wildman–Crippen LogP) is 4.99. The van der Waals surface area contributed by atoms with E-state index in [1.807, 2.05) is 18.2 Å². The second kappa shape index (κ2) is 7.34. The standard InChI is InChI=1S/C21H30ClN3O/c1-6-20(2,3)24-21(4,5)9-11-25-13-15-12-17(22)16-8-7-10-23-18(16)19(15)26-14-25/h7-8,10,12,24H,6,9,11,13-14H2,1-5H3. The van der Waals surface area contributed by atoms with Gasteiger partial charge in [-0.25, -0.2) is 0 Å². The Balaban J connectivity index is 1.69. The van der Waals surface area contributed by atoms with Gasteiger partial charge in [-0.05, 0) is 58.7 Å². The summed E-state index contributed by atoms with van der Waals surface area (Å²) in [4.78, 5) is 6.81. The van der Waals surface area contributed by atoms with Crippen molar-refractivity contribution in [1.82, 2.24) is 15.2 Å². The fourth-order valence-corrected chi connectivity index (χ4v) is 3.88. The summed E-state index contributed by atoms with van der Waals surface area (Å²) in [6, 6.07) is 5.92. The molecule has 0 radical (unpaired) electrons. The first-order valence-electron chi connectivity index (χ1n) is 9.41. The molecule has 0 unspecified atom stereocenters. The number of rotatable bonds is 6. The molecule has 0 spiro atoms. The Labute approximate surface area is 161 Å². The molecule has 5 heteroatoms. The highest BCUT2D eigenvalue weighted by atomic mass is 35.5. The monoisotopic (exact) mass is 375 g/mol. The lowest BCUT2D eigenvalue weighted by molar-refractivity contribution is 0.0848. The first-order valence-corrected chi connectivity index (χ1v) is 9.79. The lowest BCUT2D eigenvalue weighted by atomic mass is 9.92. The number of nitrogens with zero attached hydrogens (tertiary/aromatic N) is 2. The molecule has 0 atom stereocenters. The molecule has 0 aliphatic carbocycles. The van der Waals surface area contributed by atoms with E-state index in [9.17, 15) is 0 Å². The molecule has 1 N–H and O–H groups in total. The molecule has 1 aliphatic rings. The van der Waals surface area contributed by atoms with E-state index in [4.69, 9.17) is 16.3 Å². The normalized spacial score (nSPS) is 15.8. The van der Waals surface area contributed by atoms with Gasteiger partial charge in [0.25, 0.3) is 0 Å². The molecule has 0 fully saturated rings. The fourth-order valence-electron chi connectivity index (χ4n) is 3.60. The van der Waals surface area contributed by atoms with Gasteiger partial charge in [0.1, 0.15) is 12.2 Å². The van der Waals surface area contributed by atoms with Gasteiger partial charge in [-0.1, -0.05) is 18.5 Å². The van der Waals surface area contributed by atoms with Gasteiger partial charge in [0, 0.05) is 41.3 Å². The molecule has 1 aromatic heterocycles. The number of hydrogen-bond acceptors (Lipinski definition) is 4. The van der Waals surface area contributed by atoms with E-state index in [0.29, 0.717) is 6.73 Å². The Bertz CT molecular complexity index is 788. The summed E-state index contributed by atoms with van der Waals surface area (Å²) in [6.07, 6.45) is 3.95. The van der Waals surface area contributed by atoms with Gasteiger partial charge in [-0.15, -0.1) is 0 Å². The fraction of sp³-hybridized carbons (Fsp3) is 0.571. The third-order valence-electron chi connectivity index (χ3n) is 5.27. The average Bonchev–Trinajstić information content (AvgIpc) is 2.59. The van der Waals surface area contributed by atoms with E-state index in [0.717, 1.165) is 53.2 Å². The van der Waals surface area contributed by atoms with Crippen LogP contribution in [0.4, 0.5) is 0 Å². The number of pyridine rings is 1. The summed E-state index contributed by atoms with van der Waals surface area (Å²) in [5, 5.41) is 5.47. The third kappa shape index (κ3) is 4.30. The Morgan fingerprint density at radius 2 is 2.04 bits per heavy atom. The van der Waals surface area contributed by atoms with Crippen molar-refractivity contribution in [1.29, 1.82) is 0 Å². The molecular weight excluding hydrogens is 346 g/mol. The molecule has 4 nitrogen and oxygen atoms in total. The molecule has 0 saturated heterocycles. The summed E-state index contributed by atoms with van der Waals surface area (Å²) < 4.78 is 6.08. The predicted molar refractivity (Wildman–Crippen MR) is 109 cm³/mol. The molecule has 0 saturated carbocycles. The number of nitrogens with one attached hydrogen (secondary N) is 1. The molecule has 0 amide bonds. The van der Waals surface area contributed by atoms with Crippen LogP contribution in [0.5, 0.6) is 5.75 Å². The molecule has 2 aromatic rings. The van der Waals surface area contributed by atoms with Crippen LogP contribution in [0.15, 0.2) is 24.4 Å². The van der Waals surface area contributed by atoms with E-state index >= 15 is 0 Å². The van der Waals surface area contributed by atoms with Gasteiger partial charge in [-0.2, -0.15) is 0 Å². The first kappa shape index (κ1) is 19.4. The SMILES string of the molecule is CCC(C)(C)NC(C)(C)CCN1COc2c(cc(Cl)c3cccnc23)C1. The zero-order chi connectivity index (χ0) is 18.9. The van der Waals surface area contributed by atoms with Crippen LogP contribution in [0.3, 0.4) is 0 Å². The van der Waals surface area contributed by atoms with Crippen LogP contribution >= 0.6 is 11.6 Å². The second-order valence-corrected chi connectivity index (χ2v) is 8.98. The van der Waals surface area contributed by atoms with Crippen molar-refractivity contribution in [2.24, 2.45) is 0 Å². The van der Waals surface area contributed by atoms with Gasteiger partial charge >= 0.3 is 0 Å². The van der Waals surface area contributed by atoms with Crippen molar-refractivity contribution >= 4 is 22.5 Å². The molecule has 142 valence electrons. The average molecular weight is 376 g/mol. The van der Waals surface area contributed by atoms with Crippen LogP contribution in [-0.2, 0) is 6.54 Å². The van der Waals surface area contributed by atoms with E-state index < -0.39 is 0 Å². The van der Waals surface area contributed by atoms with Crippen molar-refractivity contribution in [2.75, 3.05) is 13.3 Å². The topological polar surface area (TPSA) is 37.4 Å². The summed E-state index contributed by atoms with van der Waals surface area (Å²) in [5.41, 5.74) is 2.20. The van der Waals surface area contributed by atoms with Crippen molar-refractivity contribution in [3.8, 4) is 5.75 Å². The number of aromatic nitrogens is 1. The number of halogens is 1. The Morgan fingerprint density at radius 1 is 1.27 bits per heavy atom. The maximum absolute atomic E-state index is 6.46. The first-order chi connectivity index (χ1) is 12.2. The maximum Gasteiger partial charge on any atom is 0.152 e. The van der Waals surface area contributed by atoms with Crippen molar-refractivity contribution < 1.29 is 4.74 Å². The quantitative estimate of drug-likeness (QED) is 0.772. The van der Waals surface area contributed by atoms with Crippen LogP contribution in [0.1, 0.15) is 53.0 Å². The van der Waals surface area contributed by atoms with Crippen LogP contribution in [-0.4, -0.2) is 34.2 Å². The summed E-state index contributed by atoms with van der Waals surface area (Å²) in [7, 11) is 0. The zero-order valence-electron chi connectivity index (χ0n) is 16.5. The zero-order valence-corrected chi connectivity index (χ0v) is 17.3. The molecule has 3 rings (SSSR count). The second-order valence-electron chi connectivity index (χ2n) is 8.57. The van der Waals surface area contributed by atoms with Gasteiger partial charge in [0.15, 0.2) is 5.75 Å². The molecule has 1 aliphatic heterocycles. The molecule has 1 aromatic carbocycles. The van der Waals surface area contributed by atoms with E-state index in [-0.39, 0.29) is 11.1 Å². The van der Waals surface area contributed by atoms with E-state index in [1.165, 1.54) is 0 Å². The highest BCUT2D eigenvalue weighted by Crippen LogP contribution is 2.36. The lowest BCUT2D eigenvalue weighted by Crippen LogP contribution is -2.53. The molecule has 26 heavy (non-hydrogen) atoms. The summed E-state index contributed by atoms with van der Waals surface area (Å²) in [5.74, 6) is 0.880. The van der Waals surface area contributed by atoms with Gasteiger partial charge in [0.2, 0.25) is 0 Å². The van der Waals surface area contributed by atoms with Crippen LogP contribution < -0.4 is 10.1 Å². The highest BCUT2D eigenvalue weighted by molar-refractivity contribution is 6.35. The summed E-state index contributed by atoms with van der Waals surface area (Å²) >= 11 is 6.46. The molecule has 0 bridgehead atoms. The van der Waals surface area contributed by atoms with Gasteiger partial charge in [-0.3, -0.25) is 9.88 Å².